The SMILES string of the molecule is O=C(NCCC[NH+]1CCOCC1)C1CCC(=O)N1C1CCCCC1. The van der Waals surface area contributed by atoms with E-state index < -0.39 is 0 Å². The largest absolute Gasteiger partial charge is 0.370 e. The van der Waals surface area contributed by atoms with Crippen LogP contribution in [0.2, 0.25) is 0 Å². The molecule has 136 valence electrons. The van der Waals surface area contributed by atoms with Crippen LogP contribution >= 0.6 is 0 Å². The quantitative estimate of drug-likeness (QED) is 0.656. The van der Waals surface area contributed by atoms with Crippen LogP contribution in [0.4, 0.5) is 0 Å². The number of nitrogens with zero attached hydrogens (tertiary/aromatic N) is 1. The molecule has 2 N–H and O–H groups in total. The van der Waals surface area contributed by atoms with Crippen molar-refractivity contribution in [2.24, 2.45) is 0 Å². The molecule has 1 saturated carbocycles. The molecule has 6 heteroatoms. The maximum absolute atomic E-state index is 12.6. The van der Waals surface area contributed by atoms with Crippen molar-refractivity contribution in [3.8, 4) is 0 Å². The highest BCUT2D eigenvalue weighted by Crippen LogP contribution is 2.30. The van der Waals surface area contributed by atoms with E-state index in [4.69, 9.17) is 4.74 Å². The normalized spacial score (nSPS) is 26.8. The number of hydrogen-bond donors (Lipinski definition) is 2. The molecule has 1 unspecified atom stereocenters. The third kappa shape index (κ3) is 4.48. The summed E-state index contributed by atoms with van der Waals surface area (Å²) in [6.07, 6.45) is 7.98. The Balaban J connectivity index is 1.42. The zero-order valence-corrected chi connectivity index (χ0v) is 14.7. The van der Waals surface area contributed by atoms with Crippen LogP contribution in [-0.4, -0.2) is 68.2 Å². The van der Waals surface area contributed by atoms with Gasteiger partial charge in [-0.1, -0.05) is 19.3 Å². The Bertz CT molecular complexity index is 431. The molecule has 24 heavy (non-hydrogen) atoms. The van der Waals surface area contributed by atoms with E-state index in [1.165, 1.54) is 19.3 Å². The lowest BCUT2D eigenvalue weighted by molar-refractivity contribution is -0.908. The second-order valence-electron chi connectivity index (χ2n) is 7.40. The van der Waals surface area contributed by atoms with Crippen LogP contribution in [0.3, 0.4) is 0 Å². The first-order valence-electron chi connectivity index (χ1n) is 9.76. The predicted molar refractivity (Wildman–Crippen MR) is 90.8 cm³/mol. The molecule has 0 spiro atoms. The van der Waals surface area contributed by atoms with Gasteiger partial charge in [-0.3, -0.25) is 9.59 Å². The Morgan fingerprint density at radius 2 is 1.92 bits per heavy atom. The summed E-state index contributed by atoms with van der Waals surface area (Å²) in [5.74, 6) is 0.239. The second-order valence-corrected chi connectivity index (χ2v) is 7.40. The van der Waals surface area contributed by atoms with Crippen LogP contribution in [0.25, 0.3) is 0 Å². The third-order valence-electron chi connectivity index (χ3n) is 5.73. The Morgan fingerprint density at radius 3 is 2.67 bits per heavy atom. The smallest absolute Gasteiger partial charge is 0.242 e. The van der Waals surface area contributed by atoms with Crippen molar-refractivity contribution in [3.05, 3.63) is 0 Å². The Morgan fingerprint density at radius 1 is 1.17 bits per heavy atom. The minimum Gasteiger partial charge on any atom is -0.370 e. The summed E-state index contributed by atoms with van der Waals surface area (Å²) >= 11 is 0. The average Bonchev–Trinajstić information content (AvgIpc) is 3.02. The molecule has 0 aromatic heterocycles. The molecule has 0 radical (unpaired) electrons. The zero-order chi connectivity index (χ0) is 16.8. The lowest BCUT2D eigenvalue weighted by atomic mass is 9.93. The van der Waals surface area contributed by atoms with Gasteiger partial charge in [0.15, 0.2) is 0 Å². The zero-order valence-electron chi connectivity index (χ0n) is 14.7. The molecule has 2 aliphatic heterocycles. The summed E-state index contributed by atoms with van der Waals surface area (Å²) in [6, 6.07) is 0.0682. The van der Waals surface area contributed by atoms with Gasteiger partial charge in [0.05, 0.1) is 19.8 Å². The first kappa shape index (κ1) is 17.7. The number of likely N-dealkylation sites (tertiary alicyclic amines) is 1. The van der Waals surface area contributed by atoms with Crippen LogP contribution < -0.4 is 10.2 Å². The van der Waals surface area contributed by atoms with Crippen molar-refractivity contribution in [1.82, 2.24) is 10.2 Å². The van der Waals surface area contributed by atoms with E-state index in [2.05, 4.69) is 5.32 Å². The standard InChI is InChI=1S/C18H31N3O3/c22-17-8-7-16(21(17)15-5-2-1-3-6-15)18(23)19-9-4-10-20-11-13-24-14-12-20/h15-16H,1-14H2,(H,19,23)/p+1. The molecule has 2 saturated heterocycles. The topological polar surface area (TPSA) is 63.1 Å². The van der Waals surface area contributed by atoms with Gasteiger partial charge in [-0.15, -0.1) is 0 Å². The number of carbonyl (C=O) groups excluding carboxylic acids is 2. The number of nitrogens with one attached hydrogen (secondary N) is 2. The number of morpholine rings is 1. The summed E-state index contributed by atoms with van der Waals surface area (Å²) < 4.78 is 5.36. The summed E-state index contributed by atoms with van der Waals surface area (Å²) in [5, 5.41) is 3.08. The van der Waals surface area contributed by atoms with Gasteiger partial charge in [0.25, 0.3) is 0 Å². The van der Waals surface area contributed by atoms with E-state index in [-0.39, 0.29) is 17.9 Å². The summed E-state index contributed by atoms with van der Waals surface area (Å²) in [5.41, 5.74) is 0. The van der Waals surface area contributed by atoms with Gasteiger partial charge >= 0.3 is 0 Å². The van der Waals surface area contributed by atoms with E-state index in [0.717, 1.165) is 52.1 Å². The summed E-state index contributed by atoms with van der Waals surface area (Å²) in [4.78, 5) is 28.3. The predicted octanol–water partition coefficient (Wildman–Crippen LogP) is -0.268. The van der Waals surface area contributed by atoms with Gasteiger partial charge in [-0.2, -0.15) is 0 Å². The van der Waals surface area contributed by atoms with E-state index in [9.17, 15) is 9.59 Å². The van der Waals surface area contributed by atoms with Crippen molar-refractivity contribution in [1.29, 1.82) is 0 Å². The molecular formula is C18H32N3O3+. The maximum atomic E-state index is 12.6. The van der Waals surface area contributed by atoms with Crippen molar-refractivity contribution in [3.63, 3.8) is 0 Å². The minimum absolute atomic E-state index is 0.0587. The Labute approximate surface area is 144 Å². The third-order valence-corrected chi connectivity index (χ3v) is 5.73. The number of quaternary nitrogens is 1. The van der Waals surface area contributed by atoms with E-state index in [0.29, 0.717) is 25.4 Å². The maximum Gasteiger partial charge on any atom is 0.242 e. The average molecular weight is 338 g/mol. The van der Waals surface area contributed by atoms with Crippen molar-refractivity contribution >= 4 is 11.8 Å². The molecule has 0 aromatic carbocycles. The fourth-order valence-electron chi connectivity index (χ4n) is 4.35. The molecular weight excluding hydrogens is 306 g/mol. The molecule has 3 fully saturated rings. The number of hydrogen-bond acceptors (Lipinski definition) is 3. The molecule has 1 aliphatic carbocycles. The molecule has 2 amide bonds. The van der Waals surface area contributed by atoms with E-state index in [1.54, 1.807) is 4.90 Å². The summed E-state index contributed by atoms with van der Waals surface area (Å²) in [6.45, 7) is 5.64. The van der Waals surface area contributed by atoms with Gasteiger partial charge in [0, 0.05) is 25.4 Å². The molecule has 0 aromatic rings. The van der Waals surface area contributed by atoms with Gasteiger partial charge in [-0.05, 0) is 19.3 Å². The second kappa shape index (κ2) is 8.81. The highest BCUT2D eigenvalue weighted by atomic mass is 16.5. The van der Waals surface area contributed by atoms with Gasteiger partial charge in [0.1, 0.15) is 19.1 Å². The lowest BCUT2D eigenvalue weighted by Crippen LogP contribution is -3.14. The van der Waals surface area contributed by atoms with Crippen LogP contribution in [0.1, 0.15) is 51.4 Å². The van der Waals surface area contributed by atoms with Gasteiger partial charge in [0.2, 0.25) is 11.8 Å². The first-order valence-corrected chi connectivity index (χ1v) is 9.76. The van der Waals surface area contributed by atoms with Crippen LogP contribution in [0.15, 0.2) is 0 Å². The van der Waals surface area contributed by atoms with Crippen LogP contribution in [0, 0.1) is 0 Å². The molecule has 2 heterocycles. The Kier molecular flexibility index (Phi) is 6.49. The highest BCUT2D eigenvalue weighted by Gasteiger charge is 2.40. The molecule has 6 nitrogen and oxygen atoms in total. The first-order chi connectivity index (χ1) is 11.8. The lowest BCUT2D eigenvalue weighted by Gasteiger charge is -2.35. The van der Waals surface area contributed by atoms with Crippen molar-refractivity contribution in [2.75, 3.05) is 39.4 Å². The van der Waals surface area contributed by atoms with E-state index in [1.807, 2.05) is 4.90 Å². The molecule has 3 rings (SSSR count). The van der Waals surface area contributed by atoms with Crippen molar-refractivity contribution in [2.45, 2.75) is 63.5 Å². The monoisotopic (exact) mass is 338 g/mol. The van der Waals surface area contributed by atoms with E-state index >= 15 is 0 Å². The van der Waals surface area contributed by atoms with Crippen LogP contribution in [-0.2, 0) is 14.3 Å². The van der Waals surface area contributed by atoms with Crippen molar-refractivity contribution < 1.29 is 19.2 Å². The Hall–Kier alpha value is -1.14. The number of amides is 2. The molecule has 3 aliphatic rings. The summed E-state index contributed by atoms with van der Waals surface area (Å²) in [7, 11) is 0. The van der Waals surface area contributed by atoms with Crippen LogP contribution in [0.5, 0.6) is 0 Å². The minimum atomic E-state index is -0.226. The molecule has 0 bridgehead atoms. The fourth-order valence-corrected chi connectivity index (χ4v) is 4.35. The number of rotatable bonds is 6. The highest BCUT2D eigenvalue weighted by molar-refractivity contribution is 5.91. The number of ether oxygens (including phenoxy) is 1. The van der Waals surface area contributed by atoms with Gasteiger partial charge in [-0.25, -0.2) is 0 Å². The molecule has 1 atom stereocenters. The fraction of sp³-hybridized carbons (Fsp3) is 0.889. The van der Waals surface area contributed by atoms with Gasteiger partial charge < -0.3 is 19.9 Å². The number of carbonyl (C=O) groups is 2.